The highest BCUT2D eigenvalue weighted by atomic mass is 35.5. The van der Waals surface area contributed by atoms with Crippen LogP contribution in [0.5, 0.6) is 11.5 Å². The molecule has 38 heavy (non-hydrogen) atoms. The minimum atomic E-state index is -0.517. The van der Waals surface area contributed by atoms with Crippen LogP contribution in [0.4, 0.5) is 11.4 Å². The predicted octanol–water partition coefficient (Wildman–Crippen LogP) is 3.77. The number of nitrogens with one attached hydrogen (secondary N) is 4. The molecule has 3 heterocycles. The lowest BCUT2D eigenvalue weighted by Crippen LogP contribution is -2.20. The molecule has 10 nitrogen and oxygen atoms in total. The molecule has 1 aromatic heterocycles. The summed E-state index contributed by atoms with van der Waals surface area (Å²) in [5.41, 5.74) is 0.967. The molecule has 0 unspecified atom stereocenters. The van der Waals surface area contributed by atoms with Crippen molar-refractivity contribution in [1.29, 1.82) is 0 Å². The lowest BCUT2D eigenvalue weighted by Gasteiger charge is -2.15. The molecule has 0 saturated carbocycles. The topological polar surface area (TPSA) is 127 Å². The van der Waals surface area contributed by atoms with E-state index in [2.05, 4.69) is 31.2 Å². The fraction of sp³-hybridized carbons (Fsp3) is 0.308. The van der Waals surface area contributed by atoms with Crippen LogP contribution in [0.3, 0.4) is 0 Å². The van der Waals surface area contributed by atoms with Crippen LogP contribution in [0.25, 0.3) is 0 Å². The third kappa shape index (κ3) is 6.51. The maximum atomic E-state index is 12.8. The van der Waals surface area contributed by atoms with Crippen molar-refractivity contribution in [3.63, 3.8) is 0 Å². The first-order valence-corrected chi connectivity index (χ1v) is 13.0. The van der Waals surface area contributed by atoms with E-state index in [0.29, 0.717) is 32.9 Å². The molecular formula is C26H26Cl2N6O4. The first-order valence-electron chi connectivity index (χ1n) is 12.2. The van der Waals surface area contributed by atoms with Crippen LogP contribution < -0.4 is 30.7 Å². The molecule has 198 valence electrons. The minimum absolute atomic E-state index is 0.0191. The van der Waals surface area contributed by atoms with Crippen LogP contribution in [0, 0.1) is 0 Å². The molecule has 4 N–H and O–H groups in total. The molecule has 2 aromatic carbocycles. The molecule has 2 saturated heterocycles. The quantitative estimate of drug-likeness (QED) is 0.330. The molecule has 0 spiro atoms. The van der Waals surface area contributed by atoms with Crippen LogP contribution in [0.2, 0.25) is 10.0 Å². The maximum Gasteiger partial charge on any atom is 0.274 e. The molecule has 0 radical (unpaired) electrons. The molecule has 2 amide bonds. The summed E-state index contributed by atoms with van der Waals surface area (Å²) < 4.78 is 11.8. The SMILES string of the molecule is O=C(Nc1ccc(O[C@@H]2CCNC2)c(Cl)c1)c1cc(C(=O)Nc2ccc(O[C@@H]3CCNC3)c(Cl)c2)ncn1. The third-order valence-corrected chi connectivity index (χ3v) is 6.72. The summed E-state index contributed by atoms with van der Waals surface area (Å²) in [4.78, 5) is 33.6. The highest BCUT2D eigenvalue weighted by Gasteiger charge is 2.20. The molecular weight excluding hydrogens is 531 g/mol. The Morgan fingerprint density at radius 2 is 1.24 bits per heavy atom. The summed E-state index contributed by atoms with van der Waals surface area (Å²) in [6, 6.07) is 11.3. The smallest absolute Gasteiger partial charge is 0.274 e. The van der Waals surface area contributed by atoms with Gasteiger partial charge in [0.25, 0.3) is 11.8 Å². The molecule has 3 aromatic rings. The first kappa shape index (κ1) is 26.2. The van der Waals surface area contributed by atoms with E-state index in [0.717, 1.165) is 45.3 Å². The fourth-order valence-corrected chi connectivity index (χ4v) is 4.61. The Bertz CT molecular complexity index is 1230. The molecule has 2 aliphatic rings. The first-order chi connectivity index (χ1) is 18.4. The number of rotatable bonds is 8. The van der Waals surface area contributed by atoms with Gasteiger partial charge in [0.15, 0.2) is 0 Å². The average Bonchev–Trinajstić information content (AvgIpc) is 3.62. The van der Waals surface area contributed by atoms with Crippen LogP contribution in [-0.4, -0.2) is 60.2 Å². The van der Waals surface area contributed by atoms with Gasteiger partial charge in [-0.2, -0.15) is 0 Å². The number of halogens is 2. The predicted molar refractivity (Wildman–Crippen MR) is 145 cm³/mol. The van der Waals surface area contributed by atoms with Crippen molar-refractivity contribution >= 4 is 46.4 Å². The van der Waals surface area contributed by atoms with E-state index >= 15 is 0 Å². The van der Waals surface area contributed by atoms with Gasteiger partial charge in [-0.3, -0.25) is 9.59 Å². The fourth-order valence-electron chi connectivity index (χ4n) is 4.16. The molecule has 0 aliphatic carbocycles. The highest BCUT2D eigenvalue weighted by Crippen LogP contribution is 2.30. The largest absolute Gasteiger partial charge is 0.487 e. The van der Waals surface area contributed by atoms with Crippen molar-refractivity contribution in [3.05, 3.63) is 70.2 Å². The minimum Gasteiger partial charge on any atom is -0.487 e. The number of benzene rings is 2. The number of carbonyl (C=O) groups excluding carboxylic acids is 2. The maximum absolute atomic E-state index is 12.8. The Balaban J connectivity index is 1.20. The van der Waals surface area contributed by atoms with E-state index in [9.17, 15) is 9.59 Å². The molecule has 2 aliphatic heterocycles. The number of carbonyl (C=O) groups is 2. The highest BCUT2D eigenvalue weighted by molar-refractivity contribution is 6.32. The van der Waals surface area contributed by atoms with Gasteiger partial charge in [0.1, 0.15) is 41.4 Å². The Kier molecular flexibility index (Phi) is 8.23. The lowest BCUT2D eigenvalue weighted by molar-refractivity contribution is 0.102. The zero-order valence-corrected chi connectivity index (χ0v) is 21.8. The molecule has 0 bridgehead atoms. The number of amides is 2. The standard InChI is InChI=1S/C26H26Cl2N6O4/c27-19-9-15(1-3-23(19)37-17-5-7-29-12-17)33-25(35)21-11-22(32-14-31-21)26(36)34-16-2-4-24(20(28)10-16)38-18-6-8-30-13-18/h1-4,9-11,14,17-18,29-30H,5-8,12-13H2,(H,33,35)(H,34,36)/t17-,18-/m1/s1. The van der Waals surface area contributed by atoms with Gasteiger partial charge in [0, 0.05) is 30.5 Å². The van der Waals surface area contributed by atoms with Crippen molar-refractivity contribution in [3.8, 4) is 11.5 Å². The molecule has 5 rings (SSSR count). The normalized spacial score (nSPS) is 18.7. The second kappa shape index (κ2) is 12.0. The second-order valence-corrected chi connectivity index (χ2v) is 9.77. The van der Waals surface area contributed by atoms with E-state index in [1.165, 1.54) is 6.07 Å². The van der Waals surface area contributed by atoms with Crippen molar-refractivity contribution in [1.82, 2.24) is 20.6 Å². The average molecular weight is 557 g/mol. The van der Waals surface area contributed by atoms with Crippen molar-refractivity contribution in [2.45, 2.75) is 25.0 Å². The van der Waals surface area contributed by atoms with Gasteiger partial charge in [-0.05, 0) is 62.3 Å². The summed E-state index contributed by atoms with van der Waals surface area (Å²) in [6.07, 6.45) is 3.10. The Morgan fingerprint density at radius 3 is 1.63 bits per heavy atom. The monoisotopic (exact) mass is 556 g/mol. The van der Waals surface area contributed by atoms with Crippen LogP contribution >= 0.6 is 23.2 Å². The van der Waals surface area contributed by atoms with Crippen LogP contribution in [0.1, 0.15) is 33.8 Å². The van der Waals surface area contributed by atoms with Gasteiger partial charge < -0.3 is 30.7 Å². The van der Waals surface area contributed by atoms with Crippen molar-refractivity contribution in [2.75, 3.05) is 36.8 Å². The van der Waals surface area contributed by atoms with E-state index in [1.54, 1.807) is 36.4 Å². The molecule has 2 atom stereocenters. The zero-order chi connectivity index (χ0) is 26.5. The number of hydrogen-bond acceptors (Lipinski definition) is 8. The van der Waals surface area contributed by atoms with Crippen LogP contribution in [-0.2, 0) is 0 Å². The third-order valence-electron chi connectivity index (χ3n) is 6.13. The number of aromatic nitrogens is 2. The van der Waals surface area contributed by atoms with Crippen molar-refractivity contribution in [2.24, 2.45) is 0 Å². The van der Waals surface area contributed by atoms with E-state index in [4.69, 9.17) is 32.7 Å². The number of nitrogens with zero attached hydrogens (tertiary/aromatic N) is 2. The summed E-state index contributed by atoms with van der Waals surface area (Å²) >= 11 is 12.7. The van der Waals surface area contributed by atoms with E-state index < -0.39 is 11.8 Å². The molecule has 2 fully saturated rings. The number of anilines is 2. The van der Waals surface area contributed by atoms with Crippen LogP contribution in [0.15, 0.2) is 48.8 Å². The van der Waals surface area contributed by atoms with Crippen molar-refractivity contribution < 1.29 is 19.1 Å². The molecule has 12 heteroatoms. The van der Waals surface area contributed by atoms with Gasteiger partial charge in [0.2, 0.25) is 0 Å². The van der Waals surface area contributed by atoms with E-state index in [1.807, 2.05) is 0 Å². The summed E-state index contributed by atoms with van der Waals surface area (Å²) in [6.45, 7) is 3.35. The summed E-state index contributed by atoms with van der Waals surface area (Å²) in [7, 11) is 0. The van der Waals surface area contributed by atoms with Gasteiger partial charge in [0.05, 0.1) is 10.0 Å². The van der Waals surface area contributed by atoms with E-state index in [-0.39, 0.29) is 23.6 Å². The number of hydrogen-bond donors (Lipinski definition) is 4. The number of ether oxygens (including phenoxy) is 2. The summed E-state index contributed by atoms with van der Waals surface area (Å²) in [5.74, 6) is 0.0680. The van der Waals surface area contributed by atoms with Gasteiger partial charge in [-0.1, -0.05) is 23.2 Å². The zero-order valence-electron chi connectivity index (χ0n) is 20.3. The second-order valence-electron chi connectivity index (χ2n) is 8.95. The lowest BCUT2D eigenvalue weighted by atomic mass is 10.2. The Morgan fingerprint density at radius 1 is 0.763 bits per heavy atom. The van der Waals surface area contributed by atoms with Gasteiger partial charge >= 0.3 is 0 Å². The Labute approximate surface area is 229 Å². The van der Waals surface area contributed by atoms with Gasteiger partial charge in [-0.15, -0.1) is 0 Å². The Hall–Kier alpha value is -3.44. The summed E-state index contributed by atoms with van der Waals surface area (Å²) in [5, 5.41) is 12.7. The van der Waals surface area contributed by atoms with Gasteiger partial charge in [-0.25, -0.2) is 9.97 Å².